The van der Waals surface area contributed by atoms with Gasteiger partial charge in [-0.05, 0) is 44.7 Å². The summed E-state index contributed by atoms with van der Waals surface area (Å²) in [6, 6.07) is 5.92. The molecule has 2 aromatic heterocycles. The molecule has 1 N–H and O–H groups in total. The summed E-state index contributed by atoms with van der Waals surface area (Å²) in [7, 11) is 0. The van der Waals surface area contributed by atoms with Crippen LogP contribution in [0.3, 0.4) is 0 Å². The molecule has 4 rings (SSSR count). The first kappa shape index (κ1) is 24.0. The number of aryl methyl sites for hydroxylation is 1. The van der Waals surface area contributed by atoms with E-state index >= 15 is 0 Å². The highest BCUT2D eigenvalue weighted by Crippen LogP contribution is 2.25. The van der Waals surface area contributed by atoms with Gasteiger partial charge >= 0.3 is 0 Å². The average Bonchev–Trinajstić information content (AvgIpc) is 2.85. The molecule has 1 aliphatic heterocycles. The summed E-state index contributed by atoms with van der Waals surface area (Å²) in [5.41, 5.74) is 0.600. The summed E-state index contributed by atoms with van der Waals surface area (Å²) < 4.78 is 1.89. The summed E-state index contributed by atoms with van der Waals surface area (Å²) in [5.74, 6) is 0.687. The third-order valence-electron chi connectivity index (χ3n) is 6.85. The van der Waals surface area contributed by atoms with E-state index in [1.54, 1.807) is 17.3 Å². The lowest BCUT2D eigenvalue weighted by Crippen LogP contribution is -2.50. The minimum absolute atomic E-state index is 0.0473. The second-order valence-corrected chi connectivity index (χ2v) is 9.39. The largest absolute Gasteiger partial charge is 0.353 e. The van der Waals surface area contributed by atoms with Gasteiger partial charge in [0.25, 0.3) is 11.8 Å². The summed E-state index contributed by atoms with van der Waals surface area (Å²) in [4.78, 5) is 47.7. The van der Waals surface area contributed by atoms with Crippen molar-refractivity contribution in [2.45, 2.75) is 52.5 Å². The van der Waals surface area contributed by atoms with Gasteiger partial charge in [-0.2, -0.15) is 0 Å². The average molecular weight is 466 g/mol. The summed E-state index contributed by atoms with van der Waals surface area (Å²) in [6.07, 6.45) is 9.25. The second-order valence-electron chi connectivity index (χ2n) is 9.39. The number of nitrogens with one attached hydrogen (secondary N) is 1. The molecule has 0 bridgehead atoms. The van der Waals surface area contributed by atoms with Crippen LogP contribution >= 0.6 is 0 Å². The second kappa shape index (κ2) is 10.8. The first-order chi connectivity index (χ1) is 16.5. The highest BCUT2D eigenvalue weighted by atomic mass is 16.2. The van der Waals surface area contributed by atoms with Gasteiger partial charge in [0.1, 0.15) is 16.9 Å². The fourth-order valence-corrected chi connectivity index (χ4v) is 4.99. The van der Waals surface area contributed by atoms with Crippen LogP contribution in [0, 0.1) is 12.8 Å². The molecule has 34 heavy (non-hydrogen) atoms. The zero-order valence-electron chi connectivity index (χ0n) is 20.3. The van der Waals surface area contributed by atoms with Crippen molar-refractivity contribution in [1.29, 1.82) is 0 Å². The van der Waals surface area contributed by atoms with Crippen LogP contribution in [0.5, 0.6) is 0 Å². The normalized spacial score (nSPS) is 17.0. The zero-order valence-corrected chi connectivity index (χ0v) is 20.3. The van der Waals surface area contributed by atoms with Crippen molar-refractivity contribution >= 4 is 17.6 Å². The van der Waals surface area contributed by atoms with Crippen LogP contribution in [-0.4, -0.2) is 59.0 Å². The minimum atomic E-state index is -0.487. The number of amides is 2. The molecule has 2 aromatic rings. The lowest BCUT2D eigenvalue weighted by atomic mass is 9.89. The number of anilines is 1. The summed E-state index contributed by atoms with van der Waals surface area (Å²) >= 11 is 0. The topological polar surface area (TPSA) is 87.5 Å². The number of hydrogen-bond acceptors (Lipinski definition) is 5. The highest BCUT2D eigenvalue weighted by Gasteiger charge is 2.27. The van der Waals surface area contributed by atoms with Gasteiger partial charge in [-0.1, -0.05) is 25.3 Å². The van der Waals surface area contributed by atoms with Crippen LogP contribution in [0.15, 0.2) is 35.4 Å². The Morgan fingerprint density at radius 2 is 1.74 bits per heavy atom. The van der Waals surface area contributed by atoms with E-state index in [0.717, 1.165) is 30.9 Å². The van der Waals surface area contributed by atoms with E-state index in [9.17, 15) is 14.4 Å². The van der Waals surface area contributed by atoms with Crippen LogP contribution < -0.4 is 15.6 Å². The molecule has 8 heteroatoms. The number of piperazine rings is 1. The van der Waals surface area contributed by atoms with Crippen molar-refractivity contribution in [2.75, 3.05) is 37.6 Å². The first-order valence-electron chi connectivity index (χ1n) is 12.5. The molecular weight excluding hydrogens is 430 g/mol. The molecule has 0 atom stereocenters. The molecule has 0 spiro atoms. The number of nitrogens with zero attached hydrogens (tertiary/aromatic N) is 4. The maximum Gasteiger partial charge on any atom is 0.259 e. The van der Waals surface area contributed by atoms with Gasteiger partial charge in [-0.25, -0.2) is 4.98 Å². The molecule has 1 saturated heterocycles. The molecule has 2 aliphatic rings. The number of aromatic nitrogens is 2. The van der Waals surface area contributed by atoms with Crippen molar-refractivity contribution in [2.24, 2.45) is 5.92 Å². The number of carbonyl (C=O) groups is 2. The Morgan fingerprint density at radius 3 is 2.41 bits per heavy atom. The summed E-state index contributed by atoms with van der Waals surface area (Å²) in [6.45, 7) is 7.22. The monoisotopic (exact) mass is 465 g/mol. The fraction of sp³-hybridized carbons (Fsp3) is 0.538. The Hall–Kier alpha value is -3.16. The predicted octanol–water partition coefficient (Wildman–Crippen LogP) is 2.84. The van der Waals surface area contributed by atoms with E-state index in [2.05, 4.69) is 15.2 Å². The van der Waals surface area contributed by atoms with Gasteiger partial charge < -0.3 is 19.7 Å². The number of carbonyl (C=O) groups excluding carboxylic acids is 2. The third-order valence-corrected chi connectivity index (χ3v) is 6.85. The Labute approximate surface area is 201 Å². The Morgan fingerprint density at radius 1 is 1.03 bits per heavy atom. The quantitative estimate of drug-likeness (QED) is 0.709. The van der Waals surface area contributed by atoms with Crippen LogP contribution in [0.25, 0.3) is 0 Å². The number of hydrogen-bond donors (Lipinski definition) is 1. The number of rotatable bonds is 6. The van der Waals surface area contributed by atoms with Gasteiger partial charge in [-0.15, -0.1) is 0 Å². The highest BCUT2D eigenvalue weighted by molar-refractivity contribution is 5.99. The fourth-order valence-electron chi connectivity index (χ4n) is 4.99. The van der Waals surface area contributed by atoms with Crippen molar-refractivity contribution in [3.05, 3.63) is 57.6 Å². The molecule has 3 heterocycles. The van der Waals surface area contributed by atoms with Crippen LogP contribution in [0.2, 0.25) is 0 Å². The van der Waals surface area contributed by atoms with Crippen LogP contribution in [-0.2, 0) is 6.54 Å². The molecule has 2 amide bonds. The molecule has 182 valence electrons. The van der Waals surface area contributed by atoms with E-state index in [0.29, 0.717) is 38.6 Å². The summed E-state index contributed by atoms with van der Waals surface area (Å²) in [5, 5.41) is 2.72. The Balaban J connectivity index is 1.54. The Kier molecular flexibility index (Phi) is 7.65. The van der Waals surface area contributed by atoms with Gasteiger partial charge in [0, 0.05) is 57.4 Å². The van der Waals surface area contributed by atoms with Crippen molar-refractivity contribution in [3.63, 3.8) is 0 Å². The van der Waals surface area contributed by atoms with E-state index in [-0.39, 0.29) is 17.0 Å². The van der Waals surface area contributed by atoms with Crippen LogP contribution in [0.1, 0.15) is 65.4 Å². The SMILES string of the molecule is CCNC(=O)c1cn(CC2CCCCC2)cc(C(=O)N2CCN(c3cccc(C)n3)CC2)c1=O. The Bertz CT molecular complexity index is 1080. The number of pyridine rings is 2. The molecule has 2 fully saturated rings. The van der Waals surface area contributed by atoms with E-state index in [1.807, 2.05) is 36.6 Å². The van der Waals surface area contributed by atoms with Gasteiger partial charge in [0.15, 0.2) is 0 Å². The van der Waals surface area contributed by atoms with Crippen LogP contribution in [0.4, 0.5) is 5.82 Å². The molecule has 0 aromatic carbocycles. The standard InChI is InChI=1S/C26H35N5O3/c1-3-27-25(33)21-17-29(16-20-9-5-4-6-10-20)18-22(24(21)32)26(34)31-14-12-30(13-15-31)23-11-7-8-19(2)28-23/h7-8,11,17-18,20H,3-6,9-10,12-16H2,1-2H3,(H,27,33). The maximum atomic E-state index is 13.4. The molecule has 8 nitrogen and oxygen atoms in total. The van der Waals surface area contributed by atoms with Crippen molar-refractivity contribution in [3.8, 4) is 0 Å². The third kappa shape index (κ3) is 5.48. The molecule has 1 aliphatic carbocycles. The van der Waals surface area contributed by atoms with E-state index in [1.165, 1.54) is 19.3 Å². The van der Waals surface area contributed by atoms with Gasteiger partial charge in [0.2, 0.25) is 5.43 Å². The van der Waals surface area contributed by atoms with Gasteiger partial charge in [0.05, 0.1) is 0 Å². The first-order valence-corrected chi connectivity index (χ1v) is 12.5. The zero-order chi connectivity index (χ0) is 24.1. The van der Waals surface area contributed by atoms with Crippen molar-refractivity contribution in [1.82, 2.24) is 19.8 Å². The lowest BCUT2D eigenvalue weighted by molar-refractivity contribution is 0.0744. The smallest absolute Gasteiger partial charge is 0.259 e. The molecule has 0 unspecified atom stereocenters. The maximum absolute atomic E-state index is 13.4. The van der Waals surface area contributed by atoms with Crippen molar-refractivity contribution < 1.29 is 9.59 Å². The lowest BCUT2D eigenvalue weighted by Gasteiger charge is -2.35. The molecule has 0 radical (unpaired) electrons. The molecular formula is C26H35N5O3. The van der Waals surface area contributed by atoms with E-state index < -0.39 is 11.3 Å². The molecule has 1 saturated carbocycles. The minimum Gasteiger partial charge on any atom is -0.353 e. The predicted molar refractivity (Wildman–Crippen MR) is 132 cm³/mol. The van der Waals surface area contributed by atoms with E-state index in [4.69, 9.17) is 0 Å². The van der Waals surface area contributed by atoms with Gasteiger partial charge in [-0.3, -0.25) is 14.4 Å².